The van der Waals surface area contributed by atoms with E-state index >= 15 is 0 Å². The third-order valence-electron chi connectivity index (χ3n) is 3.17. The second kappa shape index (κ2) is 6.72. The van der Waals surface area contributed by atoms with Crippen molar-refractivity contribution in [1.29, 1.82) is 0 Å². The standard InChI is InChI=1S/C16H14F4O/c1-21-7-3-4-11-14(19)8-10(9-15(11)20)16-12(17)5-2-6-13(16)18/h2,5-6,8-9H,3-4,7H2,1H3. The Morgan fingerprint density at radius 1 is 0.905 bits per heavy atom. The molecule has 0 aliphatic rings. The lowest BCUT2D eigenvalue weighted by molar-refractivity contribution is 0.194. The fraction of sp³-hybridized carbons (Fsp3) is 0.250. The summed E-state index contributed by atoms with van der Waals surface area (Å²) in [4.78, 5) is 0. The van der Waals surface area contributed by atoms with Crippen LogP contribution < -0.4 is 0 Å². The van der Waals surface area contributed by atoms with E-state index in [2.05, 4.69) is 0 Å². The number of benzene rings is 2. The zero-order valence-corrected chi connectivity index (χ0v) is 11.4. The smallest absolute Gasteiger partial charge is 0.133 e. The van der Waals surface area contributed by atoms with E-state index in [0.717, 1.165) is 24.3 Å². The SMILES string of the molecule is COCCCc1c(F)cc(-c2c(F)cccc2F)cc1F. The van der Waals surface area contributed by atoms with Gasteiger partial charge in [-0.05, 0) is 42.7 Å². The fourth-order valence-corrected chi connectivity index (χ4v) is 2.15. The molecule has 5 heteroatoms. The Bertz CT molecular complexity index is 597. The van der Waals surface area contributed by atoms with E-state index in [1.807, 2.05) is 0 Å². The quantitative estimate of drug-likeness (QED) is 0.584. The number of ether oxygens (including phenoxy) is 1. The minimum atomic E-state index is -0.860. The van der Waals surface area contributed by atoms with Gasteiger partial charge in [0.05, 0.1) is 5.56 Å². The van der Waals surface area contributed by atoms with E-state index in [-0.39, 0.29) is 17.5 Å². The van der Waals surface area contributed by atoms with Crippen molar-refractivity contribution in [3.05, 3.63) is 59.2 Å². The van der Waals surface area contributed by atoms with Crippen molar-refractivity contribution in [3.8, 4) is 11.1 Å². The van der Waals surface area contributed by atoms with Gasteiger partial charge < -0.3 is 4.74 Å². The van der Waals surface area contributed by atoms with Crippen LogP contribution in [0.3, 0.4) is 0 Å². The summed E-state index contributed by atoms with van der Waals surface area (Å²) in [5, 5.41) is 0. The molecule has 0 heterocycles. The monoisotopic (exact) mass is 298 g/mol. The molecule has 0 spiro atoms. The Morgan fingerprint density at radius 2 is 1.48 bits per heavy atom. The number of hydrogen-bond acceptors (Lipinski definition) is 1. The molecular formula is C16H14F4O. The average Bonchev–Trinajstić information content (AvgIpc) is 2.42. The molecule has 0 unspecified atom stereocenters. The van der Waals surface area contributed by atoms with E-state index in [1.54, 1.807) is 0 Å². The Labute approximate surface area is 120 Å². The first-order valence-corrected chi connectivity index (χ1v) is 6.46. The summed E-state index contributed by atoms with van der Waals surface area (Å²) in [5.41, 5.74) is -0.692. The highest BCUT2D eigenvalue weighted by Gasteiger charge is 2.16. The lowest BCUT2D eigenvalue weighted by atomic mass is 10.00. The Hall–Kier alpha value is -1.88. The van der Waals surface area contributed by atoms with E-state index in [0.29, 0.717) is 13.0 Å². The van der Waals surface area contributed by atoms with Crippen LogP contribution in [0.5, 0.6) is 0 Å². The van der Waals surface area contributed by atoms with Gasteiger partial charge in [-0.25, -0.2) is 17.6 Å². The highest BCUT2D eigenvalue weighted by Crippen LogP contribution is 2.29. The van der Waals surface area contributed by atoms with Crippen LogP contribution in [0.2, 0.25) is 0 Å². The molecular weight excluding hydrogens is 284 g/mol. The predicted octanol–water partition coefficient (Wildman–Crippen LogP) is 4.49. The van der Waals surface area contributed by atoms with Crippen molar-refractivity contribution in [2.24, 2.45) is 0 Å². The van der Waals surface area contributed by atoms with Crippen molar-refractivity contribution < 1.29 is 22.3 Å². The topological polar surface area (TPSA) is 9.23 Å². The largest absolute Gasteiger partial charge is 0.385 e. The van der Waals surface area contributed by atoms with Gasteiger partial charge in [-0.3, -0.25) is 0 Å². The molecule has 0 fully saturated rings. The predicted molar refractivity (Wildman–Crippen MR) is 71.9 cm³/mol. The molecule has 2 rings (SSSR count). The minimum absolute atomic E-state index is 0.104. The molecule has 0 radical (unpaired) electrons. The maximum atomic E-state index is 14.0. The van der Waals surface area contributed by atoms with Crippen LogP contribution in [-0.4, -0.2) is 13.7 Å². The second-order valence-electron chi connectivity index (χ2n) is 4.61. The molecule has 0 aliphatic heterocycles. The summed E-state index contributed by atoms with van der Waals surface area (Å²) in [7, 11) is 1.50. The first-order valence-electron chi connectivity index (χ1n) is 6.46. The van der Waals surface area contributed by atoms with Crippen molar-refractivity contribution in [2.75, 3.05) is 13.7 Å². The molecule has 0 aromatic heterocycles. The Balaban J connectivity index is 2.40. The molecule has 0 N–H and O–H groups in total. The van der Waals surface area contributed by atoms with Crippen LogP contribution in [0, 0.1) is 23.3 Å². The maximum Gasteiger partial charge on any atom is 0.133 e. The normalized spacial score (nSPS) is 10.9. The summed E-state index contributed by atoms with van der Waals surface area (Å²) >= 11 is 0. The van der Waals surface area contributed by atoms with Gasteiger partial charge in [-0.1, -0.05) is 6.07 Å². The highest BCUT2D eigenvalue weighted by atomic mass is 19.1. The fourth-order valence-electron chi connectivity index (χ4n) is 2.15. The molecule has 2 aromatic carbocycles. The molecule has 112 valence electrons. The molecule has 0 atom stereocenters. The van der Waals surface area contributed by atoms with Gasteiger partial charge in [0.2, 0.25) is 0 Å². The van der Waals surface area contributed by atoms with Gasteiger partial charge in [0, 0.05) is 19.3 Å². The van der Waals surface area contributed by atoms with Gasteiger partial charge in [0.25, 0.3) is 0 Å². The summed E-state index contributed by atoms with van der Waals surface area (Å²) < 4.78 is 60.0. The van der Waals surface area contributed by atoms with E-state index in [1.165, 1.54) is 13.2 Å². The van der Waals surface area contributed by atoms with Crippen molar-refractivity contribution in [1.82, 2.24) is 0 Å². The van der Waals surface area contributed by atoms with Gasteiger partial charge >= 0.3 is 0 Å². The number of halogens is 4. The summed E-state index contributed by atoms with van der Waals surface area (Å²) in [6, 6.07) is 5.18. The van der Waals surface area contributed by atoms with Crippen LogP contribution >= 0.6 is 0 Å². The van der Waals surface area contributed by atoms with Gasteiger partial charge in [-0.15, -0.1) is 0 Å². The molecule has 1 nitrogen and oxygen atoms in total. The first kappa shape index (κ1) is 15.5. The summed E-state index contributed by atoms with van der Waals surface area (Å²) in [6.45, 7) is 0.378. The van der Waals surface area contributed by atoms with Crippen molar-refractivity contribution in [3.63, 3.8) is 0 Å². The zero-order valence-electron chi connectivity index (χ0n) is 11.4. The van der Waals surface area contributed by atoms with Crippen LogP contribution in [0.25, 0.3) is 11.1 Å². The van der Waals surface area contributed by atoms with E-state index < -0.39 is 28.8 Å². The summed E-state index contributed by atoms with van der Waals surface area (Å²) in [6.07, 6.45) is 0.614. The third-order valence-corrected chi connectivity index (χ3v) is 3.17. The Morgan fingerprint density at radius 3 is 2.00 bits per heavy atom. The Kier molecular flexibility index (Phi) is 4.96. The molecule has 0 aliphatic carbocycles. The molecule has 21 heavy (non-hydrogen) atoms. The van der Waals surface area contributed by atoms with Gasteiger partial charge in [0.1, 0.15) is 23.3 Å². The number of hydrogen-bond donors (Lipinski definition) is 0. The van der Waals surface area contributed by atoms with Gasteiger partial charge in [0.15, 0.2) is 0 Å². The van der Waals surface area contributed by atoms with Crippen LogP contribution in [0.4, 0.5) is 17.6 Å². The highest BCUT2D eigenvalue weighted by molar-refractivity contribution is 5.65. The van der Waals surface area contributed by atoms with Crippen LogP contribution in [0.1, 0.15) is 12.0 Å². The van der Waals surface area contributed by atoms with E-state index in [4.69, 9.17) is 4.74 Å². The minimum Gasteiger partial charge on any atom is -0.385 e. The molecule has 0 saturated heterocycles. The lowest BCUT2D eigenvalue weighted by Gasteiger charge is -2.10. The van der Waals surface area contributed by atoms with Crippen LogP contribution in [0.15, 0.2) is 30.3 Å². The maximum absolute atomic E-state index is 14.0. The van der Waals surface area contributed by atoms with Crippen molar-refractivity contribution in [2.45, 2.75) is 12.8 Å². The lowest BCUT2D eigenvalue weighted by Crippen LogP contribution is -2.01. The number of rotatable bonds is 5. The number of methoxy groups -OCH3 is 1. The first-order chi connectivity index (χ1) is 10.0. The van der Waals surface area contributed by atoms with Crippen LogP contribution in [-0.2, 0) is 11.2 Å². The molecule has 0 bridgehead atoms. The molecule has 2 aromatic rings. The van der Waals surface area contributed by atoms with E-state index in [9.17, 15) is 17.6 Å². The zero-order chi connectivity index (χ0) is 15.4. The van der Waals surface area contributed by atoms with Gasteiger partial charge in [-0.2, -0.15) is 0 Å². The third kappa shape index (κ3) is 3.42. The summed E-state index contributed by atoms with van der Waals surface area (Å²) in [5.74, 6) is -3.35. The van der Waals surface area contributed by atoms with Crippen molar-refractivity contribution >= 4 is 0 Å². The molecule has 0 amide bonds. The molecule has 0 saturated carbocycles. The second-order valence-corrected chi connectivity index (χ2v) is 4.61. The average molecular weight is 298 g/mol.